The first-order valence-corrected chi connectivity index (χ1v) is 6.96. The van der Waals surface area contributed by atoms with Gasteiger partial charge in [0.15, 0.2) is 0 Å². The minimum absolute atomic E-state index is 0.106. The highest BCUT2D eigenvalue weighted by molar-refractivity contribution is 4.85. The Kier molecular flexibility index (Phi) is 4.62. The summed E-state index contributed by atoms with van der Waals surface area (Å²) >= 11 is 0. The Morgan fingerprint density at radius 3 is 2.75 bits per heavy atom. The number of rotatable bonds is 4. The van der Waals surface area contributed by atoms with Crippen molar-refractivity contribution in [2.24, 2.45) is 0 Å². The molecule has 1 aliphatic heterocycles. The smallest absolute Gasteiger partial charge is 0.0693 e. The second kappa shape index (κ2) is 5.99. The number of aliphatic hydroxyl groups excluding tert-OH is 1. The third-order valence-corrected chi connectivity index (χ3v) is 4.25. The van der Waals surface area contributed by atoms with Crippen LogP contribution in [0, 0.1) is 0 Å². The van der Waals surface area contributed by atoms with Crippen LogP contribution < -0.4 is 5.32 Å². The molecule has 1 saturated carbocycles. The molecular formula is C13H26N2O. The molecule has 1 heterocycles. The molecule has 0 radical (unpaired) electrons. The Bertz CT molecular complexity index is 208. The maximum Gasteiger partial charge on any atom is 0.0693 e. The van der Waals surface area contributed by atoms with Crippen LogP contribution in [-0.2, 0) is 0 Å². The van der Waals surface area contributed by atoms with E-state index in [1.165, 1.54) is 38.8 Å². The van der Waals surface area contributed by atoms with Crippen LogP contribution in [0.4, 0.5) is 0 Å². The van der Waals surface area contributed by atoms with Gasteiger partial charge >= 0.3 is 0 Å². The lowest BCUT2D eigenvalue weighted by Crippen LogP contribution is -2.47. The summed E-state index contributed by atoms with van der Waals surface area (Å²) in [6.45, 7) is 5.74. The highest BCUT2D eigenvalue weighted by atomic mass is 16.3. The number of nitrogens with one attached hydrogen (secondary N) is 1. The predicted molar refractivity (Wildman–Crippen MR) is 66.5 cm³/mol. The molecule has 0 aromatic heterocycles. The van der Waals surface area contributed by atoms with Crippen LogP contribution in [0.1, 0.15) is 45.4 Å². The second-order valence-electron chi connectivity index (χ2n) is 5.29. The van der Waals surface area contributed by atoms with Crippen molar-refractivity contribution in [2.45, 2.75) is 63.6 Å². The van der Waals surface area contributed by atoms with Gasteiger partial charge in [-0.3, -0.25) is 4.90 Å². The molecule has 1 saturated heterocycles. The van der Waals surface area contributed by atoms with Gasteiger partial charge in [-0.05, 0) is 38.8 Å². The molecule has 0 spiro atoms. The Morgan fingerprint density at radius 1 is 1.19 bits per heavy atom. The summed E-state index contributed by atoms with van der Waals surface area (Å²) in [4.78, 5) is 2.56. The summed E-state index contributed by atoms with van der Waals surface area (Å²) in [6, 6.07) is 1.06. The van der Waals surface area contributed by atoms with Crippen LogP contribution in [0.2, 0.25) is 0 Å². The van der Waals surface area contributed by atoms with Crippen molar-refractivity contribution >= 4 is 0 Å². The molecule has 0 amide bonds. The van der Waals surface area contributed by atoms with E-state index in [-0.39, 0.29) is 6.10 Å². The second-order valence-corrected chi connectivity index (χ2v) is 5.29. The first kappa shape index (κ1) is 12.3. The van der Waals surface area contributed by atoms with E-state index in [0.717, 1.165) is 19.4 Å². The van der Waals surface area contributed by atoms with Gasteiger partial charge in [0, 0.05) is 18.6 Å². The van der Waals surface area contributed by atoms with E-state index in [0.29, 0.717) is 12.1 Å². The highest BCUT2D eigenvalue weighted by Gasteiger charge is 2.26. The molecule has 3 nitrogen and oxygen atoms in total. The zero-order valence-corrected chi connectivity index (χ0v) is 10.5. The van der Waals surface area contributed by atoms with Crippen LogP contribution in [0.3, 0.4) is 0 Å². The topological polar surface area (TPSA) is 35.5 Å². The Labute approximate surface area is 99.2 Å². The van der Waals surface area contributed by atoms with E-state index >= 15 is 0 Å². The van der Waals surface area contributed by atoms with Gasteiger partial charge in [0.25, 0.3) is 0 Å². The molecule has 2 rings (SSSR count). The highest BCUT2D eigenvalue weighted by Crippen LogP contribution is 2.20. The van der Waals surface area contributed by atoms with Crippen LogP contribution >= 0.6 is 0 Å². The SMILES string of the molecule is CCN1CCCC1CN[C@@H]1CCCC[C@H]1O. The van der Waals surface area contributed by atoms with Crippen molar-refractivity contribution in [1.29, 1.82) is 0 Å². The van der Waals surface area contributed by atoms with Crippen LogP contribution in [0.5, 0.6) is 0 Å². The van der Waals surface area contributed by atoms with Crippen LogP contribution in [0.15, 0.2) is 0 Å². The lowest BCUT2D eigenvalue weighted by Gasteiger charge is -2.31. The molecule has 3 heteroatoms. The third kappa shape index (κ3) is 2.96. The number of likely N-dealkylation sites (tertiary alicyclic amines) is 1. The van der Waals surface area contributed by atoms with E-state index < -0.39 is 0 Å². The standard InChI is InChI=1S/C13H26N2O/c1-2-15-9-5-6-11(15)10-14-12-7-3-4-8-13(12)16/h11-14,16H,2-10H2,1H3/t11?,12-,13-/m1/s1. The number of hydrogen-bond acceptors (Lipinski definition) is 3. The first-order chi connectivity index (χ1) is 7.81. The molecule has 0 bridgehead atoms. The summed E-state index contributed by atoms with van der Waals surface area (Å²) in [7, 11) is 0. The lowest BCUT2D eigenvalue weighted by molar-refractivity contribution is 0.0869. The predicted octanol–water partition coefficient (Wildman–Crippen LogP) is 1.36. The first-order valence-electron chi connectivity index (χ1n) is 6.96. The summed E-state index contributed by atoms with van der Waals surface area (Å²) in [6.07, 6.45) is 7.17. The molecule has 0 aromatic carbocycles. The maximum atomic E-state index is 9.89. The molecule has 2 fully saturated rings. The fourth-order valence-corrected chi connectivity index (χ4v) is 3.18. The van der Waals surface area contributed by atoms with E-state index in [2.05, 4.69) is 17.1 Å². The Morgan fingerprint density at radius 2 is 2.00 bits per heavy atom. The zero-order valence-electron chi connectivity index (χ0n) is 10.5. The zero-order chi connectivity index (χ0) is 11.4. The summed E-state index contributed by atoms with van der Waals surface area (Å²) in [5.74, 6) is 0. The molecule has 2 aliphatic rings. The van der Waals surface area contributed by atoms with Crippen molar-refractivity contribution in [2.75, 3.05) is 19.6 Å². The number of aliphatic hydroxyl groups is 1. The summed E-state index contributed by atoms with van der Waals surface area (Å²) < 4.78 is 0. The normalized spacial score (nSPS) is 36.8. The molecule has 94 valence electrons. The minimum Gasteiger partial charge on any atom is -0.392 e. The quantitative estimate of drug-likeness (QED) is 0.760. The fraction of sp³-hybridized carbons (Fsp3) is 1.00. The average Bonchev–Trinajstić information content (AvgIpc) is 2.75. The number of nitrogens with zero attached hydrogens (tertiary/aromatic N) is 1. The maximum absolute atomic E-state index is 9.89. The number of hydrogen-bond donors (Lipinski definition) is 2. The van der Waals surface area contributed by atoms with Gasteiger partial charge in [0.1, 0.15) is 0 Å². The largest absolute Gasteiger partial charge is 0.392 e. The van der Waals surface area contributed by atoms with E-state index in [1.807, 2.05) is 0 Å². The van der Waals surface area contributed by atoms with E-state index in [1.54, 1.807) is 0 Å². The molecule has 1 unspecified atom stereocenters. The Balaban J connectivity index is 1.73. The van der Waals surface area contributed by atoms with Crippen LogP contribution in [0.25, 0.3) is 0 Å². The van der Waals surface area contributed by atoms with Gasteiger partial charge in [0.2, 0.25) is 0 Å². The van der Waals surface area contributed by atoms with Crippen molar-refractivity contribution in [3.8, 4) is 0 Å². The Hall–Kier alpha value is -0.120. The summed E-state index contributed by atoms with van der Waals surface area (Å²) in [5.41, 5.74) is 0. The minimum atomic E-state index is -0.106. The van der Waals surface area contributed by atoms with Crippen molar-refractivity contribution in [3.63, 3.8) is 0 Å². The molecule has 2 N–H and O–H groups in total. The van der Waals surface area contributed by atoms with Crippen molar-refractivity contribution < 1.29 is 5.11 Å². The molecule has 0 aromatic rings. The number of likely N-dealkylation sites (N-methyl/N-ethyl adjacent to an activating group) is 1. The summed E-state index contributed by atoms with van der Waals surface area (Å²) in [5, 5.41) is 13.5. The van der Waals surface area contributed by atoms with E-state index in [4.69, 9.17) is 0 Å². The molecule has 16 heavy (non-hydrogen) atoms. The van der Waals surface area contributed by atoms with Gasteiger partial charge in [-0.15, -0.1) is 0 Å². The fourth-order valence-electron chi connectivity index (χ4n) is 3.18. The van der Waals surface area contributed by atoms with Gasteiger partial charge in [-0.2, -0.15) is 0 Å². The van der Waals surface area contributed by atoms with Crippen molar-refractivity contribution in [1.82, 2.24) is 10.2 Å². The lowest BCUT2D eigenvalue weighted by atomic mass is 9.92. The van der Waals surface area contributed by atoms with Gasteiger partial charge < -0.3 is 10.4 Å². The van der Waals surface area contributed by atoms with Gasteiger partial charge in [-0.25, -0.2) is 0 Å². The van der Waals surface area contributed by atoms with E-state index in [9.17, 15) is 5.11 Å². The van der Waals surface area contributed by atoms with Gasteiger partial charge in [0.05, 0.1) is 6.10 Å². The third-order valence-electron chi connectivity index (χ3n) is 4.25. The van der Waals surface area contributed by atoms with Crippen LogP contribution in [-0.4, -0.2) is 47.8 Å². The van der Waals surface area contributed by atoms with Crippen molar-refractivity contribution in [3.05, 3.63) is 0 Å². The average molecular weight is 226 g/mol. The molecular weight excluding hydrogens is 200 g/mol. The molecule has 1 aliphatic carbocycles. The molecule has 3 atom stereocenters. The van der Waals surface area contributed by atoms with Gasteiger partial charge in [-0.1, -0.05) is 19.8 Å². The monoisotopic (exact) mass is 226 g/mol.